The van der Waals surface area contributed by atoms with Crippen LogP contribution in [0, 0.1) is 6.57 Å². The first-order chi connectivity index (χ1) is 9.14. The Bertz CT molecular complexity index is 530. The number of nitrogens with one attached hydrogen (secondary N) is 2. The molecule has 0 aliphatic heterocycles. The highest BCUT2D eigenvalue weighted by Crippen LogP contribution is 2.37. The molecular weight excluding hydrogens is 242 g/mol. The smallest absolute Gasteiger partial charge is 0.305 e. The number of carbonyl (C=O) groups is 1. The number of benzene rings is 1. The third-order valence-electron chi connectivity index (χ3n) is 3.44. The molecule has 1 amide bonds. The summed E-state index contributed by atoms with van der Waals surface area (Å²) < 4.78 is 5.23. The molecule has 1 aromatic carbocycles. The highest BCUT2D eigenvalue weighted by Gasteiger charge is 2.43. The molecular formula is C14H17N3O2. The zero-order chi connectivity index (χ0) is 13.9. The van der Waals surface area contributed by atoms with E-state index in [1.54, 1.807) is 25.2 Å². The van der Waals surface area contributed by atoms with Gasteiger partial charge in [0.15, 0.2) is 0 Å². The third-order valence-corrected chi connectivity index (χ3v) is 3.44. The Morgan fingerprint density at radius 2 is 2.21 bits per heavy atom. The van der Waals surface area contributed by atoms with Crippen LogP contribution in [-0.2, 0) is 0 Å². The van der Waals surface area contributed by atoms with Crippen LogP contribution in [0.5, 0.6) is 5.75 Å². The van der Waals surface area contributed by atoms with Gasteiger partial charge in [-0.15, -0.1) is 0 Å². The fourth-order valence-corrected chi connectivity index (χ4v) is 2.14. The van der Waals surface area contributed by atoms with Crippen molar-refractivity contribution in [2.24, 2.45) is 0 Å². The Labute approximate surface area is 112 Å². The molecule has 0 aromatic heterocycles. The molecule has 0 radical (unpaired) electrons. The molecule has 2 N–H and O–H groups in total. The van der Waals surface area contributed by atoms with E-state index in [9.17, 15) is 4.79 Å². The molecule has 5 nitrogen and oxygen atoms in total. The lowest BCUT2D eigenvalue weighted by molar-refractivity contribution is 0.0960. The summed E-state index contributed by atoms with van der Waals surface area (Å²) in [5, 5.41) is 5.80. The van der Waals surface area contributed by atoms with E-state index < -0.39 is 5.66 Å². The lowest BCUT2D eigenvalue weighted by atomic mass is 9.85. The van der Waals surface area contributed by atoms with Crippen LogP contribution in [0.1, 0.15) is 29.6 Å². The quantitative estimate of drug-likeness (QED) is 0.815. The van der Waals surface area contributed by atoms with Crippen LogP contribution in [0.25, 0.3) is 4.85 Å². The van der Waals surface area contributed by atoms with E-state index in [0.717, 1.165) is 24.9 Å². The number of nitrogens with zero attached hydrogens (tertiary/aromatic N) is 1. The SMILES string of the molecule is [C-]#[N+]C1(Nc2ccc(C(=O)NC)c(OC)c2)CCC1. The second-order valence-corrected chi connectivity index (χ2v) is 4.62. The van der Waals surface area contributed by atoms with Gasteiger partial charge in [-0.1, -0.05) is 0 Å². The van der Waals surface area contributed by atoms with E-state index >= 15 is 0 Å². The van der Waals surface area contributed by atoms with Gasteiger partial charge in [-0.2, -0.15) is 0 Å². The fraction of sp³-hybridized carbons (Fsp3) is 0.429. The summed E-state index contributed by atoms with van der Waals surface area (Å²) in [6, 6.07) is 5.27. The lowest BCUT2D eigenvalue weighted by Gasteiger charge is -2.31. The maximum absolute atomic E-state index is 11.7. The summed E-state index contributed by atoms with van der Waals surface area (Å²) >= 11 is 0. The Hall–Kier alpha value is -2.22. The second kappa shape index (κ2) is 5.19. The van der Waals surface area contributed by atoms with Crippen molar-refractivity contribution in [3.05, 3.63) is 35.2 Å². The number of carbonyl (C=O) groups excluding carboxylic acids is 1. The van der Waals surface area contributed by atoms with Crippen molar-refractivity contribution in [2.45, 2.75) is 24.9 Å². The van der Waals surface area contributed by atoms with E-state index in [-0.39, 0.29) is 5.91 Å². The summed E-state index contributed by atoms with van der Waals surface area (Å²) in [4.78, 5) is 15.3. The topological polar surface area (TPSA) is 54.7 Å². The molecule has 0 heterocycles. The predicted octanol–water partition coefficient (Wildman–Crippen LogP) is 2.27. The average molecular weight is 259 g/mol. The molecule has 1 aromatic rings. The van der Waals surface area contributed by atoms with Crippen LogP contribution < -0.4 is 15.4 Å². The van der Waals surface area contributed by atoms with E-state index in [2.05, 4.69) is 15.5 Å². The van der Waals surface area contributed by atoms with Crippen LogP contribution in [-0.4, -0.2) is 25.7 Å². The van der Waals surface area contributed by atoms with Gasteiger partial charge in [-0.3, -0.25) is 9.64 Å². The Balaban J connectivity index is 2.24. The zero-order valence-electron chi connectivity index (χ0n) is 11.1. The first kappa shape index (κ1) is 13.2. The van der Waals surface area contributed by atoms with E-state index in [1.165, 1.54) is 7.11 Å². The third kappa shape index (κ3) is 2.48. The van der Waals surface area contributed by atoms with Crippen molar-refractivity contribution in [3.63, 3.8) is 0 Å². The van der Waals surface area contributed by atoms with Gasteiger partial charge in [0.2, 0.25) is 0 Å². The molecule has 5 heteroatoms. The first-order valence-corrected chi connectivity index (χ1v) is 6.21. The summed E-state index contributed by atoms with van der Waals surface area (Å²) in [5.74, 6) is 0.316. The van der Waals surface area contributed by atoms with Gasteiger partial charge >= 0.3 is 5.66 Å². The molecule has 100 valence electrons. The number of anilines is 1. The van der Waals surface area contributed by atoms with Crippen LogP contribution in [0.3, 0.4) is 0 Å². The predicted molar refractivity (Wildman–Crippen MR) is 73.2 cm³/mol. The average Bonchev–Trinajstić information content (AvgIpc) is 2.41. The molecule has 0 bridgehead atoms. The number of methoxy groups -OCH3 is 1. The van der Waals surface area contributed by atoms with Crippen LogP contribution >= 0.6 is 0 Å². The van der Waals surface area contributed by atoms with Gasteiger partial charge in [0.1, 0.15) is 5.75 Å². The molecule has 1 aliphatic rings. The molecule has 1 saturated carbocycles. The Morgan fingerprint density at radius 1 is 1.47 bits per heavy atom. The van der Waals surface area contributed by atoms with Crippen LogP contribution in [0.4, 0.5) is 5.69 Å². The van der Waals surface area contributed by atoms with E-state index in [4.69, 9.17) is 11.3 Å². The largest absolute Gasteiger partial charge is 0.496 e. The minimum Gasteiger partial charge on any atom is -0.496 e. The van der Waals surface area contributed by atoms with Gasteiger partial charge in [0.25, 0.3) is 5.91 Å². The van der Waals surface area contributed by atoms with Gasteiger partial charge in [0.05, 0.1) is 12.7 Å². The molecule has 19 heavy (non-hydrogen) atoms. The Kier molecular flexibility index (Phi) is 3.61. The van der Waals surface area contributed by atoms with Crippen molar-refractivity contribution in [1.29, 1.82) is 0 Å². The van der Waals surface area contributed by atoms with Gasteiger partial charge in [-0.05, 0) is 18.6 Å². The molecule has 1 fully saturated rings. The first-order valence-electron chi connectivity index (χ1n) is 6.21. The summed E-state index contributed by atoms with van der Waals surface area (Å²) in [6.45, 7) is 7.26. The fourth-order valence-electron chi connectivity index (χ4n) is 2.14. The highest BCUT2D eigenvalue weighted by atomic mass is 16.5. The minimum absolute atomic E-state index is 0.188. The van der Waals surface area contributed by atoms with Crippen molar-refractivity contribution in [2.75, 3.05) is 19.5 Å². The molecule has 0 spiro atoms. The zero-order valence-corrected chi connectivity index (χ0v) is 11.1. The van der Waals surface area contributed by atoms with Crippen molar-refractivity contribution >= 4 is 11.6 Å². The second-order valence-electron chi connectivity index (χ2n) is 4.62. The van der Waals surface area contributed by atoms with Gasteiger partial charge in [-0.25, -0.2) is 6.57 Å². The maximum Gasteiger partial charge on any atom is 0.305 e. The van der Waals surface area contributed by atoms with Crippen molar-refractivity contribution in [1.82, 2.24) is 5.32 Å². The van der Waals surface area contributed by atoms with Crippen LogP contribution in [0.2, 0.25) is 0 Å². The summed E-state index contributed by atoms with van der Waals surface area (Å²) in [6.07, 6.45) is 2.79. The van der Waals surface area contributed by atoms with Gasteiger partial charge < -0.3 is 15.4 Å². The number of rotatable bonds is 4. The summed E-state index contributed by atoms with van der Waals surface area (Å²) in [5.41, 5.74) is 0.820. The van der Waals surface area contributed by atoms with E-state index in [1.807, 2.05) is 0 Å². The van der Waals surface area contributed by atoms with Crippen LogP contribution in [0.15, 0.2) is 18.2 Å². The summed E-state index contributed by atoms with van der Waals surface area (Å²) in [7, 11) is 3.11. The molecule has 2 rings (SSSR count). The number of hydrogen-bond donors (Lipinski definition) is 2. The monoisotopic (exact) mass is 259 g/mol. The number of ether oxygens (including phenoxy) is 1. The molecule has 0 atom stereocenters. The molecule has 0 saturated heterocycles. The standard InChI is InChI=1S/C14H17N3O2/c1-15-13(18)11-6-5-10(9-12(11)19-3)17-14(16-2)7-4-8-14/h5-6,9,17H,4,7-8H2,1,3H3,(H,15,18). The molecule has 1 aliphatic carbocycles. The van der Waals surface area contributed by atoms with E-state index in [0.29, 0.717) is 11.3 Å². The van der Waals surface area contributed by atoms with Gasteiger partial charge in [0, 0.05) is 31.6 Å². The lowest BCUT2D eigenvalue weighted by Crippen LogP contribution is -2.41. The highest BCUT2D eigenvalue weighted by molar-refractivity contribution is 5.97. The normalized spacial score (nSPS) is 15.8. The van der Waals surface area contributed by atoms with Crippen molar-refractivity contribution in [3.8, 4) is 5.75 Å². The maximum atomic E-state index is 11.7. The van der Waals surface area contributed by atoms with Crippen molar-refractivity contribution < 1.29 is 9.53 Å². The number of amides is 1. The minimum atomic E-state index is -0.473. The molecule has 0 unspecified atom stereocenters. The number of hydrogen-bond acceptors (Lipinski definition) is 3. The Morgan fingerprint density at radius 3 is 2.68 bits per heavy atom.